The van der Waals surface area contributed by atoms with Crippen molar-refractivity contribution in [2.75, 3.05) is 13.2 Å². The highest BCUT2D eigenvalue weighted by molar-refractivity contribution is 7.46. The highest BCUT2D eigenvalue weighted by Gasteiger charge is 2.22. The SMILES string of the molecule is CCCCC/C=C\C/C=C\C/C=C\C/C=C\C/C=C\CCC(=O)O[C@H](COC(=O)CCCCCCCCCCCCC/C=C\CCCCCCCC)COP(=O)(O)O. The molecule has 0 amide bonds. The minimum absolute atomic E-state index is 0.0860. The van der Waals surface area contributed by atoms with E-state index in [1.54, 1.807) is 0 Å². The van der Waals surface area contributed by atoms with Crippen LogP contribution in [0.5, 0.6) is 0 Å². The lowest BCUT2D eigenvalue weighted by Crippen LogP contribution is -2.29. The van der Waals surface area contributed by atoms with Crippen LogP contribution in [0.1, 0.15) is 206 Å². The molecule has 0 saturated heterocycles. The van der Waals surface area contributed by atoms with Gasteiger partial charge in [-0.15, -0.1) is 0 Å². The molecular formula is C49H85O8P. The van der Waals surface area contributed by atoms with E-state index in [1.807, 2.05) is 12.2 Å². The highest BCUT2D eigenvalue weighted by Crippen LogP contribution is 2.36. The van der Waals surface area contributed by atoms with Gasteiger partial charge in [0.25, 0.3) is 0 Å². The maximum Gasteiger partial charge on any atom is 0.469 e. The summed E-state index contributed by atoms with van der Waals surface area (Å²) in [5.41, 5.74) is 0. The molecule has 0 aliphatic carbocycles. The van der Waals surface area contributed by atoms with Crippen molar-refractivity contribution in [1.82, 2.24) is 0 Å². The number of allylic oxidation sites excluding steroid dienone is 12. The van der Waals surface area contributed by atoms with Crippen molar-refractivity contribution < 1.29 is 37.9 Å². The Balaban J connectivity index is 3.98. The third kappa shape index (κ3) is 46.2. The molecule has 0 radical (unpaired) electrons. The Labute approximate surface area is 355 Å². The van der Waals surface area contributed by atoms with E-state index in [-0.39, 0.29) is 19.4 Å². The summed E-state index contributed by atoms with van der Waals surface area (Å²) in [4.78, 5) is 42.9. The van der Waals surface area contributed by atoms with Gasteiger partial charge in [-0.05, 0) is 77.0 Å². The van der Waals surface area contributed by atoms with Gasteiger partial charge in [0, 0.05) is 12.8 Å². The molecule has 1 atom stereocenters. The van der Waals surface area contributed by atoms with Crippen molar-refractivity contribution >= 4 is 19.8 Å². The van der Waals surface area contributed by atoms with Crippen molar-refractivity contribution in [2.45, 2.75) is 213 Å². The molecule has 0 aromatic rings. The van der Waals surface area contributed by atoms with E-state index in [9.17, 15) is 14.2 Å². The second-order valence-corrected chi connectivity index (χ2v) is 16.6. The van der Waals surface area contributed by atoms with Gasteiger partial charge in [0.2, 0.25) is 0 Å². The first-order valence-electron chi connectivity index (χ1n) is 23.2. The van der Waals surface area contributed by atoms with Gasteiger partial charge in [-0.25, -0.2) is 4.57 Å². The molecule has 0 heterocycles. The number of esters is 2. The van der Waals surface area contributed by atoms with Crippen LogP contribution in [0.25, 0.3) is 0 Å². The van der Waals surface area contributed by atoms with Gasteiger partial charge in [0.1, 0.15) is 6.61 Å². The molecule has 0 fully saturated rings. The summed E-state index contributed by atoms with van der Waals surface area (Å²) < 4.78 is 26.4. The number of carbonyl (C=O) groups is 2. The molecule has 0 spiro atoms. The van der Waals surface area contributed by atoms with E-state index < -0.39 is 32.5 Å². The number of unbranched alkanes of at least 4 members (excludes halogenated alkanes) is 20. The number of phosphoric ester groups is 1. The number of rotatable bonds is 42. The van der Waals surface area contributed by atoms with Gasteiger partial charge in [-0.3, -0.25) is 14.1 Å². The molecule has 0 aromatic carbocycles. The average molecular weight is 833 g/mol. The maximum absolute atomic E-state index is 12.4. The van der Waals surface area contributed by atoms with Crippen molar-refractivity contribution in [3.8, 4) is 0 Å². The standard InChI is InChI=1S/C49H85O8P/c1-3-5-7-9-11-13-15-17-19-21-23-24-26-27-29-31-33-35-37-39-41-43-48(50)55-45-47(46-56-58(52,53)54)57-49(51)44-42-40-38-36-34-32-30-28-25-22-20-18-16-14-12-10-8-6-4-2/h12,14,17-20,25,28,32,34,38,40,47H,3-11,13,15-16,21-24,26-27,29-31,33,35-37,39,41-46H2,1-2H3,(H2,52,53,54)/b14-12-,19-17-,20-18-,28-25-,34-32-,40-38-/t47-/m1/s1. The predicted molar refractivity (Wildman–Crippen MR) is 244 cm³/mol. The van der Waals surface area contributed by atoms with E-state index in [1.165, 1.54) is 122 Å². The van der Waals surface area contributed by atoms with Crippen molar-refractivity contribution in [3.05, 3.63) is 72.9 Å². The van der Waals surface area contributed by atoms with Gasteiger partial charge in [-0.1, -0.05) is 189 Å². The van der Waals surface area contributed by atoms with Crippen LogP contribution < -0.4 is 0 Å². The molecule has 0 rings (SSSR count). The van der Waals surface area contributed by atoms with E-state index in [0.717, 1.165) is 44.9 Å². The molecule has 2 N–H and O–H groups in total. The van der Waals surface area contributed by atoms with Crippen LogP contribution in [-0.4, -0.2) is 41.0 Å². The number of hydrogen-bond donors (Lipinski definition) is 2. The Bertz CT molecular complexity index is 1170. The number of carbonyl (C=O) groups excluding carboxylic acids is 2. The van der Waals surface area contributed by atoms with E-state index >= 15 is 0 Å². The molecule has 0 bridgehead atoms. The average Bonchev–Trinajstić information content (AvgIpc) is 3.20. The van der Waals surface area contributed by atoms with Crippen molar-refractivity contribution in [2.24, 2.45) is 0 Å². The first-order chi connectivity index (χ1) is 28.3. The molecule has 9 heteroatoms. The van der Waals surface area contributed by atoms with Gasteiger partial charge >= 0.3 is 19.8 Å². The lowest BCUT2D eigenvalue weighted by Gasteiger charge is -2.18. The summed E-state index contributed by atoms with van der Waals surface area (Å²) in [6.45, 7) is 3.60. The number of phosphoric acid groups is 1. The lowest BCUT2D eigenvalue weighted by molar-refractivity contribution is -0.161. The Kier molecular flexibility index (Phi) is 42.1. The van der Waals surface area contributed by atoms with Crippen LogP contribution >= 0.6 is 7.82 Å². The molecule has 0 aliphatic heterocycles. The molecule has 0 saturated carbocycles. The summed E-state index contributed by atoms with van der Waals surface area (Å²) in [5.74, 6) is -0.982. The molecule has 334 valence electrons. The lowest BCUT2D eigenvalue weighted by atomic mass is 10.0. The van der Waals surface area contributed by atoms with Crippen molar-refractivity contribution in [1.29, 1.82) is 0 Å². The van der Waals surface area contributed by atoms with Crippen LogP contribution in [0.2, 0.25) is 0 Å². The van der Waals surface area contributed by atoms with Gasteiger partial charge in [-0.2, -0.15) is 0 Å². The zero-order chi connectivity index (χ0) is 42.5. The predicted octanol–water partition coefficient (Wildman–Crippen LogP) is 14.6. The summed E-state index contributed by atoms with van der Waals surface area (Å²) in [7, 11) is -4.78. The van der Waals surface area contributed by atoms with E-state index in [2.05, 4.69) is 79.1 Å². The second-order valence-electron chi connectivity index (χ2n) is 15.4. The first kappa shape index (κ1) is 55.5. The highest BCUT2D eigenvalue weighted by atomic mass is 31.2. The fourth-order valence-electron chi connectivity index (χ4n) is 6.23. The molecular weight excluding hydrogens is 748 g/mol. The Hall–Kier alpha value is -2.51. The van der Waals surface area contributed by atoms with Gasteiger partial charge < -0.3 is 19.3 Å². The molecule has 0 unspecified atom stereocenters. The summed E-state index contributed by atoms with van der Waals surface area (Å²) >= 11 is 0. The molecule has 58 heavy (non-hydrogen) atoms. The van der Waals surface area contributed by atoms with E-state index in [4.69, 9.17) is 19.3 Å². The fraction of sp³-hybridized carbons (Fsp3) is 0.714. The van der Waals surface area contributed by atoms with Crippen LogP contribution in [0.4, 0.5) is 0 Å². The van der Waals surface area contributed by atoms with Crippen LogP contribution in [0.15, 0.2) is 72.9 Å². The number of hydrogen-bond acceptors (Lipinski definition) is 6. The Morgan fingerprint density at radius 3 is 1.28 bits per heavy atom. The summed E-state index contributed by atoms with van der Waals surface area (Å²) in [5, 5.41) is 0. The van der Waals surface area contributed by atoms with E-state index in [0.29, 0.717) is 12.8 Å². The largest absolute Gasteiger partial charge is 0.469 e. The van der Waals surface area contributed by atoms with Crippen LogP contribution in [0.3, 0.4) is 0 Å². The van der Waals surface area contributed by atoms with Crippen LogP contribution in [0, 0.1) is 0 Å². The van der Waals surface area contributed by atoms with Gasteiger partial charge in [0.15, 0.2) is 6.10 Å². The molecule has 0 aromatic heterocycles. The minimum atomic E-state index is -4.78. The summed E-state index contributed by atoms with van der Waals surface area (Å²) in [6, 6.07) is 0. The third-order valence-electron chi connectivity index (χ3n) is 9.71. The summed E-state index contributed by atoms with van der Waals surface area (Å²) in [6.07, 6.45) is 57.8. The molecule has 8 nitrogen and oxygen atoms in total. The van der Waals surface area contributed by atoms with Crippen LogP contribution in [-0.2, 0) is 28.2 Å². The second kappa shape index (κ2) is 44.1. The number of ether oxygens (including phenoxy) is 2. The smallest absolute Gasteiger partial charge is 0.462 e. The fourth-order valence-corrected chi connectivity index (χ4v) is 6.59. The minimum Gasteiger partial charge on any atom is -0.462 e. The topological polar surface area (TPSA) is 119 Å². The third-order valence-corrected chi connectivity index (χ3v) is 10.2. The first-order valence-corrected chi connectivity index (χ1v) is 24.8. The van der Waals surface area contributed by atoms with Crippen molar-refractivity contribution in [3.63, 3.8) is 0 Å². The monoisotopic (exact) mass is 833 g/mol. The zero-order valence-electron chi connectivity index (χ0n) is 36.9. The maximum atomic E-state index is 12.4. The normalized spacial score (nSPS) is 13.1. The Morgan fingerprint density at radius 2 is 0.810 bits per heavy atom. The zero-order valence-corrected chi connectivity index (χ0v) is 37.8. The molecule has 0 aliphatic rings. The Morgan fingerprint density at radius 1 is 0.448 bits per heavy atom. The quantitative estimate of drug-likeness (QED) is 0.0270. The van der Waals surface area contributed by atoms with Gasteiger partial charge in [0.05, 0.1) is 6.61 Å².